The molecule has 0 radical (unpaired) electrons. The Morgan fingerprint density at radius 2 is 2.07 bits per heavy atom. The van der Waals surface area contributed by atoms with Gasteiger partial charge in [0.1, 0.15) is 5.82 Å². The van der Waals surface area contributed by atoms with E-state index >= 15 is 0 Å². The van der Waals surface area contributed by atoms with Crippen molar-refractivity contribution in [3.63, 3.8) is 0 Å². The van der Waals surface area contributed by atoms with E-state index in [4.69, 9.17) is 4.74 Å². The summed E-state index contributed by atoms with van der Waals surface area (Å²) in [6.45, 7) is 1.74. The number of halogens is 1. The minimum absolute atomic E-state index is 0.113. The third-order valence-electron chi connectivity index (χ3n) is 4.98. The van der Waals surface area contributed by atoms with Gasteiger partial charge in [-0.05, 0) is 36.2 Å². The summed E-state index contributed by atoms with van der Waals surface area (Å²) in [4.78, 5) is 15.9. The number of amides is 1. The van der Waals surface area contributed by atoms with Crippen LogP contribution in [0.5, 0.6) is 0 Å². The predicted molar refractivity (Wildman–Crippen MR) is 108 cm³/mol. The van der Waals surface area contributed by atoms with Crippen molar-refractivity contribution < 1.29 is 13.9 Å². The first-order chi connectivity index (χ1) is 13.7. The molecule has 4 rings (SSSR count). The lowest BCUT2D eigenvalue weighted by molar-refractivity contribution is 0.0955. The average Bonchev–Trinajstić information content (AvgIpc) is 3.28. The molecule has 2 N–H and O–H groups in total. The molecule has 1 amide bonds. The number of methoxy groups -OCH3 is 1. The maximum Gasteiger partial charge on any atom is 0.253 e. The molecule has 4 aromatic rings. The molecule has 28 heavy (non-hydrogen) atoms. The van der Waals surface area contributed by atoms with Gasteiger partial charge in [0, 0.05) is 54.4 Å². The molecule has 6 heteroatoms. The quantitative estimate of drug-likeness (QED) is 0.512. The highest BCUT2D eigenvalue weighted by atomic mass is 19.1. The summed E-state index contributed by atoms with van der Waals surface area (Å²) in [6, 6.07) is 12.5. The molecule has 0 saturated carbocycles. The van der Waals surface area contributed by atoms with Crippen molar-refractivity contribution in [1.82, 2.24) is 14.9 Å². The molecule has 0 saturated heterocycles. The van der Waals surface area contributed by atoms with Crippen molar-refractivity contribution in [2.24, 2.45) is 0 Å². The molecule has 2 aromatic heterocycles. The molecule has 0 unspecified atom stereocenters. The molecule has 2 heterocycles. The summed E-state index contributed by atoms with van der Waals surface area (Å²) in [6.07, 6.45) is 4.37. The van der Waals surface area contributed by atoms with E-state index < -0.39 is 0 Å². The molecule has 0 bridgehead atoms. The van der Waals surface area contributed by atoms with Crippen molar-refractivity contribution >= 4 is 27.7 Å². The number of nitrogens with zero attached hydrogens (tertiary/aromatic N) is 1. The smallest absolute Gasteiger partial charge is 0.253 e. The van der Waals surface area contributed by atoms with Gasteiger partial charge in [-0.2, -0.15) is 0 Å². The van der Waals surface area contributed by atoms with Crippen LogP contribution >= 0.6 is 0 Å². The van der Waals surface area contributed by atoms with E-state index in [0.717, 1.165) is 27.4 Å². The number of carbonyl (C=O) groups excluding carboxylic acids is 1. The van der Waals surface area contributed by atoms with Gasteiger partial charge in [-0.15, -0.1) is 0 Å². The highest BCUT2D eigenvalue weighted by molar-refractivity contribution is 6.07. The monoisotopic (exact) mass is 379 g/mol. The Morgan fingerprint density at radius 3 is 2.93 bits per heavy atom. The van der Waals surface area contributed by atoms with Crippen molar-refractivity contribution in [2.75, 3.05) is 20.3 Å². The first kappa shape index (κ1) is 18.3. The zero-order valence-corrected chi connectivity index (χ0v) is 15.7. The maximum atomic E-state index is 13.5. The molecule has 5 nitrogen and oxygen atoms in total. The van der Waals surface area contributed by atoms with E-state index in [9.17, 15) is 9.18 Å². The Labute approximate surface area is 162 Å². The van der Waals surface area contributed by atoms with Crippen LogP contribution in [0.2, 0.25) is 0 Å². The van der Waals surface area contributed by atoms with Crippen molar-refractivity contribution in [3.8, 4) is 0 Å². The Hall–Kier alpha value is -3.12. The molecule has 2 aromatic carbocycles. The van der Waals surface area contributed by atoms with Gasteiger partial charge in [-0.1, -0.05) is 18.2 Å². The third kappa shape index (κ3) is 3.51. The summed E-state index contributed by atoms with van der Waals surface area (Å²) in [5.74, 6) is -0.375. The van der Waals surface area contributed by atoms with E-state index in [0.29, 0.717) is 31.7 Å². The van der Waals surface area contributed by atoms with Crippen LogP contribution in [0.1, 0.15) is 15.9 Å². The van der Waals surface area contributed by atoms with Crippen LogP contribution < -0.4 is 5.32 Å². The average molecular weight is 379 g/mol. The number of hydrogen-bond donors (Lipinski definition) is 2. The second-order valence-corrected chi connectivity index (χ2v) is 6.76. The summed E-state index contributed by atoms with van der Waals surface area (Å²) in [5, 5.41) is 4.76. The first-order valence-corrected chi connectivity index (χ1v) is 9.28. The highest BCUT2D eigenvalue weighted by Gasteiger charge is 2.15. The molecule has 0 aliphatic carbocycles. The van der Waals surface area contributed by atoms with Crippen LogP contribution in [-0.4, -0.2) is 35.7 Å². The normalized spacial score (nSPS) is 11.4. The van der Waals surface area contributed by atoms with Gasteiger partial charge in [0.05, 0.1) is 12.2 Å². The highest BCUT2D eigenvalue weighted by Crippen LogP contribution is 2.22. The number of H-pyrrole nitrogens is 1. The minimum atomic E-state index is -0.263. The van der Waals surface area contributed by atoms with E-state index in [2.05, 4.69) is 10.3 Å². The Morgan fingerprint density at radius 1 is 1.21 bits per heavy atom. The standard InChI is InChI=1S/C22H22FN3O2/c1-28-11-10-26-14-19(17-4-2-3-5-21(17)26)22(27)24-9-8-15-13-25-20-7-6-16(23)12-18(15)20/h2-7,12-14,25H,8-11H2,1H3,(H,24,27). The number of hydrogen-bond acceptors (Lipinski definition) is 2. The fourth-order valence-electron chi connectivity index (χ4n) is 3.57. The lowest BCUT2D eigenvalue weighted by Crippen LogP contribution is -2.25. The minimum Gasteiger partial charge on any atom is -0.383 e. The second kappa shape index (κ2) is 7.86. The number of carbonyl (C=O) groups is 1. The fourth-order valence-corrected chi connectivity index (χ4v) is 3.57. The lowest BCUT2D eigenvalue weighted by Gasteiger charge is -2.04. The van der Waals surface area contributed by atoms with Crippen LogP contribution in [0.25, 0.3) is 21.8 Å². The summed E-state index contributed by atoms with van der Waals surface area (Å²) in [5.41, 5.74) is 3.54. The van der Waals surface area contributed by atoms with Crippen LogP contribution in [0.15, 0.2) is 54.9 Å². The van der Waals surface area contributed by atoms with Gasteiger partial charge < -0.3 is 19.6 Å². The molecule has 144 valence electrons. The van der Waals surface area contributed by atoms with Crippen LogP contribution in [0, 0.1) is 5.82 Å². The Bertz CT molecular complexity index is 1130. The number of nitrogens with one attached hydrogen (secondary N) is 2. The molecule has 0 fully saturated rings. The topological polar surface area (TPSA) is 59.0 Å². The lowest BCUT2D eigenvalue weighted by atomic mass is 10.1. The van der Waals surface area contributed by atoms with Gasteiger partial charge in [0.15, 0.2) is 0 Å². The first-order valence-electron chi connectivity index (χ1n) is 9.28. The van der Waals surface area contributed by atoms with Crippen LogP contribution in [0.3, 0.4) is 0 Å². The van der Waals surface area contributed by atoms with Crippen molar-refractivity contribution in [1.29, 1.82) is 0 Å². The van der Waals surface area contributed by atoms with Crippen LogP contribution in [0.4, 0.5) is 4.39 Å². The number of para-hydroxylation sites is 1. The molecule has 0 aliphatic rings. The second-order valence-electron chi connectivity index (χ2n) is 6.76. The van der Waals surface area contributed by atoms with Gasteiger partial charge in [-0.25, -0.2) is 4.39 Å². The number of aromatic amines is 1. The van der Waals surface area contributed by atoms with Gasteiger partial charge in [0.2, 0.25) is 0 Å². The fraction of sp³-hybridized carbons (Fsp3) is 0.227. The van der Waals surface area contributed by atoms with Gasteiger partial charge >= 0.3 is 0 Å². The molecular formula is C22H22FN3O2. The molecule has 0 aliphatic heterocycles. The van der Waals surface area contributed by atoms with Crippen molar-refractivity contribution in [3.05, 3.63) is 71.8 Å². The molecule has 0 atom stereocenters. The Kier molecular flexibility index (Phi) is 5.12. The van der Waals surface area contributed by atoms with Gasteiger partial charge in [-0.3, -0.25) is 4.79 Å². The van der Waals surface area contributed by atoms with E-state index in [1.807, 2.05) is 41.2 Å². The number of ether oxygens (including phenoxy) is 1. The predicted octanol–water partition coefficient (Wildman–Crippen LogP) is 3.88. The van der Waals surface area contributed by atoms with Gasteiger partial charge in [0.25, 0.3) is 5.91 Å². The van der Waals surface area contributed by atoms with Crippen molar-refractivity contribution in [2.45, 2.75) is 13.0 Å². The molecule has 0 spiro atoms. The van der Waals surface area contributed by atoms with E-state index in [1.54, 1.807) is 13.2 Å². The third-order valence-corrected chi connectivity index (χ3v) is 4.98. The summed E-state index contributed by atoms with van der Waals surface area (Å²) in [7, 11) is 1.66. The zero-order valence-electron chi connectivity index (χ0n) is 15.7. The molecular weight excluding hydrogens is 357 g/mol. The summed E-state index contributed by atoms with van der Waals surface area (Å²) < 4.78 is 20.7. The number of fused-ring (bicyclic) bond motifs is 2. The zero-order chi connectivity index (χ0) is 19.5. The summed E-state index contributed by atoms with van der Waals surface area (Å²) >= 11 is 0. The van der Waals surface area contributed by atoms with Crippen LogP contribution in [-0.2, 0) is 17.7 Å². The van der Waals surface area contributed by atoms with E-state index in [-0.39, 0.29) is 11.7 Å². The SMILES string of the molecule is COCCn1cc(C(=O)NCCc2c[nH]c3ccc(F)cc23)c2ccccc21. The number of rotatable bonds is 7. The largest absolute Gasteiger partial charge is 0.383 e. The van der Waals surface area contributed by atoms with E-state index in [1.165, 1.54) is 12.1 Å². The Balaban J connectivity index is 1.48. The number of aromatic nitrogens is 2. The maximum absolute atomic E-state index is 13.5. The number of benzene rings is 2.